The predicted molar refractivity (Wildman–Crippen MR) is 75.9 cm³/mol. The van der Waals surface area contributed by atoms with E-state index < -0.39 is 6.36 Å². The quantitative estimate of drug-likeness (QED) is 0.835. The molecule has 2 rings (SSSR count). The topological polar surface area (TPSA) is 41.5 Å². The third-order valence-electron chi connectivity index (χ3n) is 3.50. The van der Waals surface area contributed by atoms with Gasteiger partial charge >= 0.3 is 6.36 Å². The van der Waals surface area contributed by atoms with Crippen LogP contribution >= 0.6 is 15.9 Å². The van der Waals surface area contributed by atoms with E-state index in [1.165, 1.54) is 6.07 Å². The fourth-order valence-corrected chi connectivity index (χ4v) is 3.02. The molecule has 21 heavy (non-hydrogen) atoms. The molecular formula is C14H17BrF3NO2. The minimum absolute atomic E-state index is 0.190. The summed E-state index contributed by atoms with van der Waals surface area (Å²) in [7, 11) is 0. The number of rotatable bonds is 5. The lowest BCUT2D eigenvalue weighted by molar-refractivity contribution is -0.274. The average Bonchev–Trinajstić information content (AvgIpc) is 2.77. The third kappa shape index (κ3) is 5.48. The van der Waals surface area contributed by atoms with Gasteiger partial charge in [0.25, 0.3) is 0 Å². The summed E-state index contributed by atoms with van der Waals surface area (Å²) in [6, 6.07) is 4.51. The highest BCUT2D eigenvalue weighted by Crippen LogP contribution is 2.31. The molecule has 0 spiro atoms. The molecule has 0 saturated heterocycles. The fourth-order valence-electron chi connectivity index (χ4n) is 2.52. The molecule has 7 heteroatoms. The third-order valence-corrected chi connectivity index (χ3v) is 4.12. The van der Waals surface area contributed by atoms with Crippen molar-refractivity contribution in [2.75, 3.05) is 6.54 Å². The van der Waals surface area contributed by atoms with Crippen LogP contribution in [0.25, 0.3) is 0 Å². The lowest BCUT2D eigenvalue weighted by atomic mass is 10.1. The van der Waals surface area contributed by atoms with Gasteiger partial charge in [-0.1, -0.05) is 6.07 Å². The van der Waals surface area contributed by atoms with E-state index in [1.807, 2.05) is 0 Å². The first-order valence-corrected chi connectivity index (χ1v) is 7.56. The SMILES string of the molecule is OC1CCC(CNCc2ccc(OC(F)(F)F)c(Br)c2)C1. The molecule has 0 heterocycles. The van der Waals surface area contributed by atoms with Crippen LogP contribution in [0, 0.1) is 5.92 Å². The lowest BCUT2D eigenvalue weighted by Crippen LogP contribution is -2.21. The van der Waals surface area contributed by atoms with E-state index in [0.29, 0.717) is 12.5 Å². The maximum Gasteiger partial charge on any atom is 0.573 e. The Kier molecular flexibility index (Phi) is 5.51. The molecule has 1 aromatic carbocycles. The summed E-state index contributed by atoms with van der Waals surface area (Å²) < 4.78 is 40.6. The van der Waals surface area contributed by atoms with E-state index >= 15 is 0 Å². The molecule has 1 aliphatic carbocycles. The van der Waals surface area contributed by atoms with Crippen molar-refractivity contribution >= 4 is 15.9 Å². The van der Waals surface area contributed by atoms with Crippen molar-refractivity contribution in [2.45, 2.75) is 38.3 Å². The number of aliphatic hydroxyl groups is 1. The van der Waals surface area contributed by atoms with Crippen molar-refractivity contribution < 1.29 is 23.0 Å². The second kappa shape index (κ2) is 6.98. The van der Waals surface area contributed by atoms with Crippen LogP contribution in [0.4, 0.5) is 13.2 Å². The number of halogens is 4. The van der Waals surface area contributed by atoms with Gasteiger partial charge < -0.3 is 15.2 Å². The summed E-state index contributed by atoms with van der Waals surface area (Å²) in [5.74, 6) is 0.224. The van der Waals surface area contributed by atoms with Crippen LogP contribution in [0.15, 0.2) is 22.7 Å². The molecule has 0 aliphatic heterocycles. The van der Waals surface area contributed by atoms with Crippen LogP contribution in [-0.4, -0.2) is 24.1 Å². The zero-order valence-corrected chi connectivity index (χ0v) is 12.9. The fraction of sp³-hybridized carbons (Fsp3) is 0.571. The van der Waals surface area contributed by atoms with Crippen LogP contribution in [-0.2, 0) is 6.54 Å². The Bertz CT molecular complexity index is 482. The van der Waals surface area contributed by atoms with Gasteiger partial charge in [-0.15, -0.1) is 13.2 Å². The van der Waals surface area contributed by atoms with Gasteiger partial charge in [-0.3, -0.25) is 0 Å². The maximum atomic E-state index is 12.2. The van der Waals surface area contributed by atoms with Gasteiger partial charge in [0.1, 0.15) is 5.75 Å². The van der Waals surface area contributed by atoms with Crippen molar-refractivity contribution in [3.63, 3.8) is 0 Å². The van der Waals surface area contributed by atoms with Crippen LogP contribution in [0.2, 0.25) is 0 Å². The van der Waals surface area contributed by atoms with Crippen molar-refractivity contribution in [3.05, 3.63) is 28.2 Å². The van der Waals surface area contributed by atoms with Gasteiger partial charge in [-0.05, 0) is 65.4 Å². The summed E-state index contributed by atoms with van der Waals surface area (Å²) in [5, 5.41) is 12.7. The average molecular weight is 368 g/mol. The van der Waals surface area contributed by atoms with Gasteiger partial charge in [0.15, 0.2) is 0 Å². The van der Waals surface area contributed by atoms with Crippen molar-refractivity contribution in [2.24, 2.45) is 5.92 Å². The van der Waals surface area contributed by atoms with Crippen LogP contribution in [0.5, 0.6) is 5.75 Å². The predicted octanol–water partition coefficient (Wildman–Crippen LogP) is 3.60. The van der Waals surface area contributed by atoms with E-state index in [1.54, 1.807) is 12.1 Å². The maximum absolute atomic E-state index is 12.2. The minimum atomic E-state index is -4.69. The monoisotopic (exact) mass is 367 g/mol. The van der Waals surface area contributed by atoms with E-state index in [0.717, 1.165) is 31.4 Å². The van der Waals surface area contributed by atoms with E-state index in [-0.39, 0.29) is 16.3 Å². The molecule has 2 N–H and O–H groups in total. The summed E-state index contributed by atoms with van der Waals surface area (Å²) >= 11 is 3.08. The number of hydrogen-bond acceptors (Lipinski definition) is 3. The highest BCUT2D eigenvalue weighted by molar-refractivity contribution is 9.10. The molecule has 118 valence electrons. The summed E-state index contributed by atoms with van der Waals surface area (Å²) in [5.41, 5.74) is 0.870. The van der Waals surface area contributed by atoms with Gasteiger partial charge in [0, 0.05) is 6.54 Å². The Morgan fingerprint density at radius 2 is 2.10 bits per heavy atom. The minimum Gasteiger partial charge on any atom is -0.405 e. The Labute approximate surface area is 129 Å². The normalized spacial score (nSPS) is 22.5. The molecule has 1 fully saturated rings. The molecule has 0 bridgehead atoms. The van der Waals surface area contributed by atoms with Crippen LogP contribution in [0.3, 0.4) is 0 Å². The molecule has 3 nitrogen and oxygen atoms in total. The number of alkyl halides is 3. The smallest absolute Gasteiger partial charge is 0.405 e. The van der Waals surface area contributed by atoms with Crippen molar-refractivity contribution in [1.82, 2.24) is 5.32 Å². The van der Waals surface area contributed by atoms with Crippen molar-refractivity contribution in [1.29, 1.82) is 0 Å². The van der Waals surface area contributed by atoms with Gasteiger partial charge in [0.2, 0.25) is 0 Å². The van der Waals surface area contributed by atoms with Crippen LogP contribution < -0.4 is 10.1 Å². The molecule has 0 radical (unpaired) electrons. The number of hydrogen-bond donors (Lipinski definition) is 2. The standard InChI is InChI=1S/C14H17BrF3NO2/c15-12-6-10(2-4-13(12)21-14(16,17)18)8-19-7-9-1-3-11(20)5-9/h2,4,6,9,11,19-20H,1,3,5,7-8H2. The van der Waals surface area contributed by atoms with Crippen molar-refractivity contribution in [3.8, 4) is 5.75 Å². The Morgan fingerprint density at radius 1 is 1.33 bits per heavy atom. The molecular weight excluding hydrogens is 351 g/mol. The molecule has 0 amide bonds. The van der Waals surface area contributed by atoms with Crippen LogP contribution in [0.1, 0.15) is 24.8 Å². The number of benzene rings is 1. The molecule has 1 aliphatic rings. The first kappa shape index (κ1) is 16.6. The number of ether oxygens (including phenoxy) is 1. The van der Waals surface area contributed by atoms with Gasteiger partial charge in [-0.2, -0.15) is 0 Å². The molecule has 1 aromatic rings. The molecule has 1 saturated carbocycles. The van der Waals surface area contributed by atoms with Gasteiger partial charge in [-0.25, -0.2) is 0 Å². The first-order chi connectivity index (χ1) is 9.83. The zero-order chi connectivity index (χ0) is 15.5. The second-order valence-electron chi connectivity index (χ2n) is 5.28. The summed E-state index contributed by atoms with van der Waals surface area (Å²) in [6.07, 6.45) is -2.21. The van der Waals surface area contributed by atoms with E-state index in [2.05, 4.69) is 26.0 Å². The lowest BCUT2D eigenvalue weighted by Gasteiger charge is -2.13. The van der Waals surface area contributed by atoms with E-state index in [9.17, 15) is 18.3 Å². The Balaban J connectivity index is 1.83. The largest absolute Gasteiger partial charge is 0.573 e. The van der Waals surface area contributed by atoms with E-state index in [4.69, 9.17) is 0 Å². The second-order valence-corrected chi connectivity index (χ2v) is 6.13. The first-order valence-electron chi connectivity index (χ1n) is 6.76. The number of nitrogens with one attached hydrogen (secondary N) is 1. The molecule has 2 atom stereocenters. The Hall–Kier alpha value is -0.790. The Morgan fingerprint density at radius 3 is 2.67 bits per heavy atom. The zero-order valence-electron chi connectivity index (χ0n) is 11.3. The highest BCUT2D eigenvalue weighted by Gasteiger charge is 2.31. The highest BCUT2D eigenvalue weighted by atomic mass is 79.9. The summed E-state index contributed by atoms with van der Waals surface area (Å²) in [6.45, 7) is 1.37. The molecule has 0 aromatic heterocycles. The molecule has 2 unspecified atom stereocenters. The summed E-state index contributed by atoms with van der Waals surface area (Å²) in [4.78, 5) is 0. The number of aliphatic hydroxyl groups excluding tert-OH is 1. The van der Waals surface area contributed by atoms with Gasteiger partial charge in [0.05, 0.1) is 10.6 Å².